The zero-order valence-corrected chi connectivity index (χ0v) is 13.8. The lowest BCUT2D eigenvalue weighted by Gasteiger charge is -2.50. The minimum atomic E-state index is 0.524. The second kappa shape index (κ2) is 5.92. The molecule has 5 heteroatoms. The monoisotopic (exact) mass is 332 g/mol. The Morgan fingerprint density at radius 3 is 2.10 bits per heavy atom. The number of benzene rings is 1. The van der Waals surface area contributed by atoms with Gasteiger partial charge in [0.1, 0.15) is 0 Å². The topological polar surface area (TPSA) is 15.3 Å². The van der Waals surface area contributed by atoms with Crippen molar-refractivity contribution in [2.45, 2.75) is 50.2 Å². The first-order valence-corrected chi connectivity index (χ1v) is 8.33. The van der Waals surface area contributed by atoms with Crippen LogP contribution in [-0.2, 0) is 0 Å². The van der Waals surface area contributed by atoms with Gasteiger partial charge in [0.15, 0.2) is 0 Å². The smallest absolute Gasteiger partial charge is 0.0751 e. The summed E-state index contributed by atoms with van der Waals surface area (Å²) in [5.74, 6) is 0. The molecule has 2 nitrogen and oxygen atoms in total. The second-order valence-corrected chi connectivity index (χ2v) is 7.07. The van der Waals surface area contributed by atoms with E-state index in [1.54, 1.807) is 12.1 Å². The Kier molecular flexibility index (Phi) is 4.37. The van der Waals surface area contributed by atoms with Crippen LogP contribution >= 0.6 is 34.8 Å². The molecule has 0 aromatic heterocycles. The molecule has 0 spiro atoms. The molecule has 110 valence electrons. The van der Waals surface area contributed by atoms with Crippen LogP contribution in [0.1, 0.15) is 32.1 Å². The van der Waals surface area contributed by atoms with Crippen molar-refractivity contribution < 1.29 is 0 Å². The zero-order chi connectivity index (χ0) is 14.3. The van der Waals surface area contributed by atoms with Crippen molar-refractivity contribution in [1.82, 2.24) is 5.32 Å². The van der Waals surface area contributed by atoms with E-state index < -0.39 is 0 Å². The van der Waals surface area contributed by atoms with E-state index in [4.69, 9.17) is 34.8 Å². The van der Waals surface area contributed by atoms with Gasteiger partial charge in [-0.3, -0.25) is 0 Å². The first-order valence-electron chi connectivity index (χ1n) is 7.20. The van der Waals surface area contributed by atoms with Gasteiger partial charge in [-0.15, -0.1) is 0 Å². The molecule has 3 rings (SSSR count). The van der Waals surface area contributed by atoms with E-state index in [2.05, 4.69) is 17.3 Å². The molecule has 1 aromatic rings. The highest BCUT2D eigenvalue weighted by Crippen LogP contribution is 2.44. The van der Waals surface area contributed by atoms with Gasteiger partial charge in [0.25, 0.3) is 0 Å². The standard InChI is InChI=1S/C15H19Cl3N2/c1-19-10-7-11-3-2-4-12(8-10)20(11)15-13(17)5-9(16)6-14(15)18/h5-6,10-12,19H,2-4,7-8H2,1H3. The maximum absolute atomic E-state index is 6.42. The lowest BCUT2D eigenvalue weighted by molar-refractivity contribution is 0.252. The van der Waals surface area contributed by atoms with Crippen molar-refractivity contribution >= 4 is 40.5 Å². The van der Waals surface area contributed by atoms with Gasteiger partial charge in [0, 0.05) is 23.1 Å². The van der Waals surface area contributed by atoms with Crippen LogP contribution in [0.3, 0.4) is 0 Å². The number of halogens is 3. The van der Waals surface area contributed by atoms with Crippen LogP contribution in [0.15, 0.2) is 12.1 Å². The number of piperidine rings is 2. The summed E-state index contributed by atoms with van der Waals surface area (Å²) in [6.45, 7) is 0. The molecule has 0 amide bonds. The van der Waals surface area contributed by atoms with Crippen molar-refractivity contribution in [3.8, 4) is 0 Å². The van der Waals surface area contributed by atoms with Gasteiger partial charge in [-0.1, -0.05) is 34.8 Å². The van der Waals surface area contributed by atoms with Crippen LogP contribution in [0.4, 0.5) is 5.69 Å². The molecule has 2 bridgehead atoms. The maximum atomic E-state index is 6.42. The quantitative estimate of drug-likeness (QED) is 0.839. The Bertz CT molecular complexity index is 469. The Morgan fingerprint density at radius 1 is 1.05 bits per heavy atom. The molecule has 2 aliphatic rings. The number of nitrogens with one attached hydrogen (secondary N) is 1. The highest BCUT2D eigenvalue weighted by atomic mass is 35.5. The summed E-state index contributed by atoms with van der Waals surface area (Å²) in [5.41, 5.74) is 0.974. The lowest BCUT2D eigenvalue weighted by atomic mass is 9.81. The summed E-state index contributed by atoms with van der Waals surface area (Å²) >= 11 is 18.9. The number of nitrogens with zero attached hydrogens (tertiary/aromatic N) is 1. The largest absolute Gasteiger partial charge is 0.363 e. The third kappa shape index (κ3) is 2.64. The van der Waals surface area contributed by atoms with E-state index in [9.17, 15) is 0 Å². The minimum absolute atomic E-state index is 0.524. The molecule has 0 saturated carbocycles. The van der Waals surface area contributed by atoms with Crippen molar-refractivity contribution in [3.63, 3.8) is 0 Å². The van der Waals surface area contributed by atoms with Gasteiger partial charge in [-0.2, -0.15) is 0 Å². The average Bonchev–Trinajstić information content (AvgIpc) is 2.36. The average molecular weight is 334 g/mol. The van der Waals surface area contributed by atoms with Crippen molar-refractivity contribution in [2.24, 2.45) is 0 Å². The van der Waals surface area contributed by atoms with Crippen molar-refractivity contribution in [1.29, 1.82) is 0 Å². The summed E-state index contributed by atoms with van der Waals surface area (Å²) in [6, 6.07) is 5.24. The first kappa shape index (κ1) is 14.8. The van der Waals surface area contributed by atoms with Gasteiger partial charge in [-0.05, 0) is 51.3 Å². The van der Waals surface area contributed by atoms with Crippen molar-refractivity contribution in [3.05, 3.63) is 27.2 Å². The number of rotatable bonds is 2. The molecular formula is C15H19Cl3N2. The van der Waals surface area contributed by atoms with Gasteiger partial charge >= 0.3 is 0 Å². The van der Waals surface area contributed by atoms with Crippen LogP contribution in [0.5, 0.6) is 0 Å². The predicted octanol–water partition coefficient (Wildman–Crippen LogP) is 4.76. The molecule has 2 fully saturated rings. The van der Waals surface area contributed by atoms with Gasteiger partial charge in [0.2, 0.25) is 0 Å². The molecule has 1 N–H and O–H groups in total. The van der Waals surface area contributed by atoms with Crippen LogP contribution in [0.2, 0.25) is 15.1 Å². The third-order valence-electron chi connectivity index (χ3n) is 4.62. The Hall–Kier alpha value is -0.150. The predicted molar refractivity (Wildman–Crippen MR) is 87.5 cm³/mol. The Balaban J connectivity index is 1.98. The molecule has 20 heavy (non-hydrogen) atoms. The van der Waals surface area contributed by atoms with Gasteiger partial charge in [0.05, 0.1) is 15.7 Å². The molecule has 2 unspecified atom stereocenters. The van der Waals surface area contributed by atoms with E-state index in [-0.39, 0.29) is 0 Å². The van der Waals surface area contributed by atoms with E-state index in [1.807, 2.05) is 0 Å². The SMILES string of the molecule is CNC1CC2CCCC(C1)N2c1c(Cl)cc(Cl)cc1Cl. The second-order valence-electron chi connectivity index (χ2n) is 5.82. The number of anilines is 1. The van der Waals surface area contributed by atoms with E-state index in [0.717, 1.165) is 18.5 Å². The number of hydrogen-bond donors (Lipinski definition) is 1. The highest BCUT2D eigenvalue weighted by Gasteiger charge is 2.39. The fourth-order valence-corrected chi connectivity index (χ4v) is 4.78. The fraction of sp³-hybridized carbons (Fsp3) is 0.600. The number of fused-ring (bicyclic) bond motifs is 2. The highest BCUT2D eigenvalue weighted by molar-refractivity contribution is 6.41. The molecule has 1 aromatic carbocycles. The normalized spacial score (nSPS) is 29.6. The Morgan fingerprint density at radius 2 is 1.60 bits per heavy atom. The molecule has 2 saturated heterocycles. The van der Waals surface area contributed by atoms with Gasteiger partial charge < -0.3 is 10.2 Å². The third-order valence-corrected chi connectivity index (χ3v) is 5.42. The first-order chi connectivity index (χ1) is 9.60. The zero-order valence-electron chi connectivity index (χ0n) is 11.5. The summed E-state index contributed by atoms with van der Waals surface area (Å²) in [4.78, 5) is 2.46. The van der Waals surface area contributed by atoms with Gasteiger partial charge in [-0.25, -0.2) is 0 Å². The van der Waals surface area contributed by atoms with Crippen LogP contribution in [0.25, 0.3) is 0 Å². The minimum Gasteiger partial charge on any atom is -0.363 e. The summed E-state index contributed by atoms with van der Waals surface area (Å²) in [7, 11) is 2.05. The molecule has 2 aliphatic heterocycles. The number of hydrogen-bond acceptors (Lipinski definition) is 2. The summed E-state index contributed by atoms with van der Waals surface area (Å²) < 4.78 is 0. The summed E-state index contributed by atoms with van der Waals surface area (Å²) in [6.07, 6.45) is 6.03. The fourth-order valence-electron chi connectivity index (χ4n) is 3.76. The van der Waals surface area contributed by atoms with E-state index in [1.165, 1.54) is 19.3 Å². The van der Waals surface area contributed by atoms with E-state index in [0.29, 0.717) is 33.2 Å². The molecule has 2 heterocycles. The maximum Gasteiger partial charge on any atom is 0.0751 e. The molecule has 0 radical (unpaired) electrons. The molecule has 0 aliphatic carbocycles. The van der Waals surface area contributed by atoms with Crippen LogP contribution < -0.4 is 10.2 Å². The lowest BCUT2D eigenvalue weighted by Crippen LogP contribution is -2.56. The van der Waals surface area contributed by atoms with Crippen LogP contribution in [-0.4, -0.2) is 25.2 Å². The molecule has 2 atom stereocenters. The molecular weight excluding hydrogens is 315 g/mol. The van der Waals surface area contributed by atoms with Crippen LogP contribution in [0, 0.1) is 0 Å². The summed E-state index contributed by atoms with van der Waals surface area (Å²) in [5, 5.41) is 5.36. The van der Waals surface area contributed by atoms with Crippen molar-refractivity contribution in [2.75, 3.05) is 11.9 Å². The Labute approximate surface area is 135 Å². The van der Waals surface area contributed by atoms with E-state index >= 15 is 0 Å².